The van der Waals surface area contributed by atoms with Crippen LogP contribution in [-0.4, -0.2) is 13.4 Å². The zero-order valence-electron chi connectivity index (χ0n) is 9.38. The predicted molar refractivity (Wildman–Crippen MR) is 62.0 cm³/mol. The van der Waals surface area contributed by atoms with Gasteiger partial charge in [-0.25, -0.2) is 27.3 Å². The molecule has 8 heteroatoms. The fraction of sp³-hybridized carbons (Fsp3) is 0. The number of pyridine rings is 1. The number of benzene rings is 1. The largest absolute Gasteiger partial charge is 0.438 e. The van der Waals surface area contributed by atoms with Gasteiger partial charge in [0.05, 0.1) is 0 Å². The van der Waals surface area contributed by atoms with E-state index in [1.165, 1.54) is 18.3 Å². The van der Waals surface area contributed by atoms with Crippen LogP contribution in [0.5, 0.6) is 11.6 Å². The Morgan fingerprint density at radius 2 is 1.89 bits per heavy atom. The Morgan fingerprint density at radius 3 is 2.53 bits per heavy atom. The van der Waals surface area contributed by atoms with Crippen LogP contribution in [0.4, 0.5) is 8.78 Å². The van der Waals surface area contributed by atoms with Gasteiger partial charge in [0.15, 0.2) is 11.6 Å². The molecule has 0 amide bonds. The minimum atomic E-state index is -4.03. The summed E-state index contributed by atoms with van der Waals surface area (Å²) in [5.74, 6) is -2.57. The number of aromatic nitrogens is 1. The Morgan fingerprint density at radius 1 is 1.16 bits per heavy atom. The van der Waals surface area contributed by atoms with E-state index in [1.807, 2.05) is 0 Å². The van der Waals surface area contributed by atoms with Crippen molar-refractivity contribution in [3.05, 3.63) is 48.2 Å². The average molecular weight is 286 g/mol. The lowest BCUT2D eigenvalue weighted by molar-refractivity contribution is 0.435. The van der Waals surface area contributed by atoms with Crippen molar-refractivity contribution in [2.45, 2.75) is 4.90 Å². The average Bonchev–Trinajstić information content (AvgIpc) is 2.33. The van der Waals surface area contributed by atoms with E-state index in [-0.39, 0.29) is 16.5 Å². The van der Waals surface area contributed by atoms with Crippen molar-refractivity contribution in [1.29, 1.82) is 0 Å². The highest BCUT2D eigenvalue weighted by atomic mass is 32.2. The van der Waals surface area contributed by atoms with Crippen LogP contribution in [0.1, 0.15) is 0 Å². The first kappa shape index (κ1) is 13.4. The van der Waals surface area contributed by atoms with Gasteiger partial charge in [-0.3, -0.25) is 0 Å². The molecule has 5 nitrogen and oxygen atoms in total. The second-order valence-corrected chi connectivity index (χ2v) is 5.06. The van der Waals surface area contributed by atoms with Crippen LogP contribution in [-0.2, 0) is 10.0 Å². The van der Waals surface area contributed by atoms with E-state index < -0.39 is 21.7 Å². The van der Waals surface area contributed by atoms with Gasteiger partial charge in [0, 0.05) is 12.3 Å². The van der Waals surface area contributed by atoms with E-state index in [4.69, 9.17) is 9.88 Å². The van der Waals surface area contributed by atoms with Crippen molar-refractivity contribution in [1.82, 2.24) is 4.98 Å². The molecule has 1 aromatic heterocycles. The number of hydrogen-bond acceptors (Lipinski definition) is 4. The van der Waals surface area contributed by atoms with Crippen molar-refractivity contribution in [2.75, 3.05) is 0 Å². The maximum absolute atomic E-state index is 13.0. The lowest BCUT2D eigenvalue weighted by Crippen LogP contribution is -2.13. The summed E-state index contributed by atoms with van der Waals surface area (Å²) >= 11 is 0. The molecule has 1 aromatic carbocycles. The first-order chi connectivity index (χ1) is 8.88. The predicted octanol–water partition coefficient (Wildman–Crippen LogP) is 1.80. The van der Waals surface area contributed by atoms with E-state index >= 15 is 0 Å². The fourth-order valence-corrected chi connectivity index (χ4v) is 1.93. The number of primary sulfonamides is 1. The normalized spacial score (nSPS) is 11.3. The summed E-state index contributed by atoms with van der Waals surface area (Å²) < 4.78 is 53.4. The summed E-state index contributed by atoms with van der Waals surface area (Å²) in [4.78, 5) is 3.35. The van der Waals surface area contributed by atoms with Gasteiger partial charge >= 0.3 is 0 Å². The molecular formula is C11H8F2N2O3S. The molecule has 2 rings (SSSR count). The molecule has 2 N–H and O–H groups in total. The maximum atomic E-state index is 13.0. The molecule has 0 bridgehead atoms. The van der Waals surface area contributed by atoms with E-state index in [0.717, 1.165) is 18.2 Å². The van der Waals surface area contributed by atoms with Gasteiger partial charge in [-0.15, -0.1) is 0 Å². The molecule has 0 unspecified atom stereocenters. The van der Waals surface area contributed by atoms with Crippen molar-refractivity contribution >= 4 is 10.0 Å². The van der Waals surface area contributed by atoms with Crippen molar-refractivity contribution in [3.8, 4) is 11.6 Å². The van der Waals surface area contributed by atoms with Crippen LogP contribution in [0.25, 0.3) is 0 Å². The molecule has 0 radical (unpaired) electrons. The zero-order valence-corrected chi connectivity index (χ0v) is 10.2. The molecular weight excluding hydrogens is 278 g/mol. The molecule has 0 saturated heterocycles. The molecule has 19 heavy (non-hydrogen) atoms. The minimum absolute atomic E-state index is 0.0949. The molecule has 0 saturated carbocycles. The molecule has 100 valence electrons. The van der Waals surface area contributed by atoms with Gasteiger partial charge < -0.3 is 4.74 Å². The Bertz CT molecular complexity index is 720. The molecule has 1 heterocycles. The molecule has 2 aromatic rings. The second-order valence-electron chi connectivity index (χ2n) is 3.53. The Balaban J connectivity index is 2.41. The third-order valence-electron chi connectivity index (χ3n) is 2.15. The Labute approximate surface area is 107 Å². The van der Waals surface area contributed by atoms with E-state index in [9.17, 15) is 17.2 Å². The minimum Gasteiger partial charge on any atom is -0.438 e. The van der Waals surface area contributed by atoms with Gasteiger partial charge in [-0.05, 0) is 24.3 Å². The van der Waals surface area contributed by atoms with E-state index in [0.29, 0.717) is 0 Å². The lowest BCUT2D eigenvalue weighted by Gasteiger charge is -2.08. The molecule has 0 aliphatic carbocycles. The first-order valence-electron chi connectivity index (χ1n) is 4.98. The number of rotatable bonds is 3. The number of hydrogen-bond donors (Lipinski definition) is 1. The summed E-state index contributed by atoms with van der Waals surface area (Å²) in [6.07, 6.45) is 1.28. The Hall–Kier alpha value is -2.06. The van der Waals surface area contributed by atoms with Crippen LogP contribution in [0.3, 0.4) is 0 Å². The van der Waals surface area contributed by atoms with Gasteiger partial charge in [0.25, 0.3) is 0 Å². The molecule has 0 spiro atoms. The number of halogens is 2. The van der Waals surface area contributed by atoms with Gasteiger partial charge in [0.2, 0.25) is 15.9 Å². The number of ether oxygens (including phenoxy) is 1. The van der Waals surface area contributed by atoms with Gasteiger partial charge in [0.1, 0.15) is 10.6 Å². The zero-order chi connectivity index (χ0) is 14.0. The van der Waals surface area contributed by atoms with Crippen LogP contribution in [0.15, 0.2) is 41.4 Å². The third-order valence-corrected chi connectivity index (χ3v) is 3.07. The SMILES string of the molecule is NS(=O)(=O)c1cccnc1Oc1ccc(F)c(F)c1. The van der Waals surface area contributed by atoms with E-state index in [1.54, 1.807) is 0 Å². The van der Waals surface area contributed by atoms with Crippen molar-refractivity contribution in [2.24, 2.45) is 5.14 Å². The van der Waals surface area contributed by atoms with Crippen molar-refractivity contribution < 1.29 is 21.9 Å². The third kappa shape index (κ3) is 3.04. The lowest BCUT2D eigenvalue weighted by atomic mass is 10.3. The molecule has 0 atom stereocenters. The highest BCUT2D eigenvalue weighted by Crippen LogP contribution is 2.26. The summed E-state index contributed by atoms with van der Waals surface area (Å²) in [5.41, 5.74) is 0. The summed E-state index contributed by atoms with van der Waals surface area (Å²) in [5, 5.41) is 4.98. The van der Waals surface area contributed by atoms with Crippen LogP contribution in [0.2, 0.25) is 0 Å². The van der Waals surface area contributed by atoms with Crippen molar-refractivity contribution in [3.63, 3.8) is 0 Å². The standard InChI is InChI=1S/C11H8F2N2O3S/c12-8-4-3-7(6-9(8)13)18-11-10(19(14,16)17)2-1-5-15-11/h1-6H,(H2,14,16,17). The fourth-order valence-electron chi connectivity index (χ4n) is 1.32. The molecule has 0 aliphatic heterocycles. The van der Waals surface area contributed by atoms with E-state index in [2.05, 4.69) is 4.98 Å². The molecule has 0 fully saturated rings. The van der Waals surface area contributed by atoms with Crippen LogP contribution < -0.4 is 9.88 Å². The highest BCUT2D eigenvalue weighted by molar-refractivity contribution is 7.89. The van der Waals surface area contributed by atoms with Crippen LogP contribution >= 0.6 is 0 Å². The summed E-state index contributed by atoms with van der Waals surface area (Å²) in [7, 11) is -4.03. The van der Waals surface area contributed by atoms with Crippen LogP contribution in [0, 0.1) is 11.6 Å². The first-order valence-corrected chi connectivity index (χ1v) is 6.53. The van der Waals surface area contributed by atoms with Gasteiger partial charge in [-0.1, -0.05) is 0 Å². The summed E-state index contributed by atoms with van der Waals surface area (Å²) in [6.45, 7) is 0. The Kier molecular flexibility index (Phi) is 3.45. The second kappa shape index (κ2) is 4.90. The number of sulfonamides is 1. The number of nitrogens with zero attached hydrogens (tertiary/aromatic N) is 1. The summed E-state index contributed by atoms with van der Waals surface area (Å²) in [6, 6.07) is 5.32. The highest BCUT2D eigenvalue weighted by Gasteiger charge is 2.17. The number of nitrogens with two attached hydrogens (primary N) is 1. The monoisotopic (exact) mass is 286 g/mol. The quantitative estimate of drug-likeness (QED) is 0.932. The molecule has 0 aliphatic rings. The smallest absolute Gasteiger partial charge is 0.243 e. The topological polar surface area (TPSA) is 82.3 Å². The maximum Gasteiger partial charge on any atom is 0.243 e. The van der Waals surface area contributed by atoms with Gasteiger partial charge in [-0.2, -0.15) is 0 Å².